The normalized spacial score (nSPS) is 12.5. The molecule has 0 fully saturated rings. The quantitative estimate of drug-likeness (QED) is 0.730. The smallest absolute Gasteiger partial charge is 0.309 e. The Hall–Kier alpha value is -0.970. The lowest BCUT2D eigenvalue weighted by Crippen LogP contribution is -2.15. The fourth-order valence-corrected chi connectivity index (χ4v) is 2.58. The Morgan fingerprint density at radius 3 is 2.88 bits per heavy atom. The number of thioether (sulfide) groups is 1. The van der Waals surface area contributed by atoms with Gasteiger partial charge in [0.25, 0.3) is 0 Å². The van der Waals surface area contributed by atoms with Crippen LogP contribution in [0.5, 0.6) is 0 Å². The first-order chi connectivity index (χ1) is 8.08. The second kappa shape index (κ2) is 6.69. The highest BCUT2D eigenvalue weighted by Crippen LogP contribution is 2.16. The van der Waals surface area contributed by atoms with Crippen LogP contribution in [0.1, 0.15) is 25.2 Å². The molecule has 0 saturated carbocycles. The van der Waals surface area contributed by atoms with Crippen molar-refractivity contribution in [3.05, 3.63) is 17.5 Å². The van der Waals surface area contributed by atoms with Gasteiger partial charge in [-0.15, -0.1) is 0 Å². The molecule has 4 nitrogen and oxygen atoms in total. The van der Waals surface area contributed by atoms with E-state index in [0.29, 0.717) is 0 Å². The lowest BCUT2D eigenvalue weighted by Gasteiger charge is -2.08. The summed E-state index contributed by atoms with van der Waals surface area (Å²) in [4.78, 5) is 11.2. The maximum atomic E-state index is 11.2. The Kier molecular flexibility index (Phi) is 5.55. The van der Waals surface area contributed by atoms with E-state index in [2.05, 4.69) is 18.1 Å². The second-order valence-corrected chi connectivity index (χ2v) is 5.07. The van der Waals surface area contributed by atoms with E-state index in [0.717, 1.165) is 23.6 Å². The SMILES string of the molecule is CCc1cc(CSCC(C)C(=O)OC)n(C)n1. The lowest BCUT2D eigenvalue weighted by molar-refractivity contribution is -0.143. The minimum absolute atomic E-state index is 0.0520. The van der Waals surface area contributed by atoms with Gasteiger partial charge in [0.2, 0.25) is 0 Å². The Morgan fingerprint density at radius 1 is 1.65 bits per heavy atom. The fraction of sp³-hybridized carbons (Fsp3) is 0.667. The van der Waals surface area contributed by atoms with E-state index in [1.54, 1.807) is 11.8 Å². The largest absolute Gasteiger partial charge is 0.469 e. The molecule has 96 valence electrons. The van der Waals surface area contributed by atoms with Gasteiger partial charge in [-0.2, -0.15) is 16.9 Å². The number of carbonyl (C=O) groups excluding carboxylic acids is 1. The van der Waals surface area contributed by atoms with Crippen LogP contribution < -0.4 is 0 Å². The number of nitrogens with zero attached hydrogens (tertiary/aromatic N) is 2. The third-order valence-electron chi connectivity index (χ3n) is 2.61. The van der Waals surface area contributed by atoms with Crippen molar-refractivity contribution in [2.45, 2.75) is 26.0 Å². The van der Waals surface area contributed by atoms with E-state index in [-0.39, 0.29) is 11.9 Å². The van der Waals surface area contributed by atoms with Gasteiger partial charge in [0.15, 0.2) is 0 Å². The average Bonchev–Trinajstić information content (AvgIpc) is 2.69. The van der Waals surface area contributed by atoms with Crippen molar-refractivity contribution in [3.8, 4) is 0 Å². The molecule has 1 aromatic rings. The van der Waals surface area contributed by atoms with E-state index in [9.17, 15) is 4.79 Å². The van der Waals surface area contributed by atoms with Gasteiger partial charge in [-0.25, -0.2) is 0 Å². The van der Waals surface area contributed by atoms with Crippen LogP contribution in [0.4, 0.5) is 0 Å². The van der Waals surface area contributed by atoms with Crippen molar-refractivity contribution < 1.29 is 9.53 Å². The van der Waals surface area contributed by atoms with Crippen molar-refractivity contribution in [1.29, 1.82) is 0 Å². The van der Waals surface area contributed by atoms with Crippen LogP contribution in [0, 0.1) is 5.92 Å². The van der Waals surface area contributed by atoms with Gasteiger partial charge in [0.05, 0.1) is 18.7 Å². The van der Waals surface area contributed by atoms with Gasteiger partial charge in [0, 0.05) is 24.2 Å². The molecular formula is C12H20N2O2S. The number of ether oxygens (including phenoxy) is 1. The summed E-state index contributed by atoms with van der Waals surface area (Å²) in [6.07, 6.45) is 0.955. The number of rotatable bonds is 6. The molecule has 0 aliphatic carbocycles. The van der Waals surface area contributed by atoms with Crippen molar-refractivity contribution in [2.24, 2.45) is 13.0 Å². The highest BCUT2D eigenvalue weighted by molar-refractivity contribution is 7.98. The zero-order valence-corrected chi connectivity index (χ0v) is 11.7. The summed E-state index contributed by atoms with van der Waals surface area (Å²) in [6, 6.07) is 2.12. The number of aromatic nitrogens is 2. The number of hydrogen-bond donors (Lipinski definition) is 0. The third kappa shape index (κ3) is 4.07. The molecule has 1 heterocycles. The van der Waals surface area contributed by atoms with Crippen LogP contribution in [-0.4, -0.2) is 28.6 Å². The summed E-state index contributed by atoms with van der Waals surface area (Å²) in [7, 11) is 3.39. The molecule has 0 amide bonds. The maximum Gasteiger partial charge on any atom is 0.309 e. The van der Waals surface area contributed by atoms with Gasteiger partial charge in [0.1, 0.15) is 0 Å². The molecular weight excluding hydrogens is 236 g/mol. The van der Waals surface area contributed by atoms with Crippen molar-refractivity contribution in [1.82, 2.24) is 9.78 Å². The number of aryl methyl sites for hydroxylation is 2. The molecule has 17 heavy (non-hydrogen) atoms. The molecule has 0 aromatic carbocycles. The van der Waals surface area contributed by atoms with Gasteiger partial charge in [-0.3, -0.25) is 9.48 Å². The van der Waals surface area contributed by atoms with Crippen LogP contribution in [0.3, 0.4) is 0 Å². The first-order valence-corrected chi connectivity index (χ1v) is 6.91. The zero-order chi connectivity index (χ0) is 12.8. The van der Waals surface area contributed by atoms with Crippen LogP contribution in [0.2, 0.25) is 0 Å². The maximum absolute atomic E-state index is 11.2. The summed E-state index contributed by atoms with van der Waals surface area (Å²) < 4.78 is 6.60. The average molecular weight is 256 g/mol. The van der Waals surface area contributed by atoms with E-state index in [1.165, 1.54) is 12.8 Å². The molecule has 1 rings (SSSR count). The topological polar surface area (TPSA) is 44.1 Å². The first kappa shape index (κ1) is 14.1. The standard InChI is InChI=1S/C12H20N2O2S/c1-5-10-6-11(14(3)13-10)8-17-7-9(2)12(15)16-4/h6,9H,5,7-8H2,1-4H3. The third-order valence-corrected chi connectivity index (χ3v) is 3.85. The second-order valence-electron chi connectivity index (χ2n) is 4.04. The number of methoxy groups -OCH3 is 1. The Balaban J connectivity index is 2.40. The molecule has 1 atom stereocenters. The zero-order valence-electron chi connectivity index (χ0n) is 10.9. The Labute approximate surface area is 107 Å². The number of hydrogen-bond acceptors (Lipinski definition) is 4. The lowest BCUT2D eigenvalue weighted by atomic mass is 10.2. The van der Waals surface area contributed by atoms with Crippen molar-refractivity contribution >= 4 is 17.7 Å². The highest BCUT2D eigenvalue weighted by Gasteiger charge is 2.13. The predicted octanol–water partition coefficient (Wildman–Crippen LogP) is 2.02. The van der Waals surface area contributed by atoms with E-state index in [1.807, 2.05) is 18.7 Å². The molecule has 0 aliphatic rings. The van der Waals surface area contributed by atoms with Crippen molar-refractivity contribution in [3.63, 3.8) is 0 Å². The molecule has 5 heteroatoms. The molecule has 0 aliphatic heterocycles. The summed E-state index contributed by atoms with van der Waals surface area (Å²) in [5, 5.41) is 4.39. The minimum Gasteiger partial charge on any atom is -0.469 e. The Morgan fingerprint density at radius 2 is 2.35 bits per heavy atom. The Bertz CT molecular complexity index is 377. The monoisotopic (exact) mass is 256 g/mol. The molecule has 0 N–H and O–H groups in total. The van der Waals surface area contributed by atoms with Gasteiger partial charge >= 0.3 is 5.97 Å². The van der Waals surface area contributed by atoms with E-state index >= 15 is 0 Å². The molecule has 1 aromatic heterocycles. The molecule has 1 unspecified atom stereocenters. The summed E-state index contributed by atoms with van der Waals surface area (Å²) >= 11 is 1.73. The number of carbonyl (C=O) groups is 1. The number of esters is 1. The van der Waals surface area contributed by atoms with Crippen LogP contribution in [-0.2, 0) is 28.8 Å². The first-order valence-electron chi connectivity index (χ1n) is 5.75. The highest BCUT2D eigenvalue weighted by atomic mass is 32.2. The minimum atomic E-state index is -0.142. The predicted molar refractivity (Wildman–Crippen MR) is 69.9 cm³/mol. The van der Waals surface area contributed by atoms with Crippen LogP contribution in [0.15, 0.2) is 6.07 Å². The van der Waals surface area contributed by atoms with Crippen molar-refractivity contribution in [2.75, 3.05) is 12.9 Å². The van der Waals surface area contributed by atoms with E-state index < -0.39 is 0 Å². The molecule has 0 spiro atoms. The molecule has 0 bridgehead atoms. The van der Waals surface area contributed by atoms with E-state index in [4.69, 9.17) is 4.74 Å². The van der Waals surface area contributed by atoms with Crippen LogP contribution >= 0.6 is 11.8 Å². The molecule has 0 saturated heterocycles. The van der Waals surface area contributed by atoms with Gasteiger partial charge < -0.3 is 4.74 Å². The van der Waals surface area contributed by atoms with Gasteiger partial charge in [-0.05, 0) is 12.5 Å². The summed E-state index contributed by atoms with van der Waals surface area (Å²) in [5.41, 5.74) is 2.31. The fourth-order valence-electron chi connectivity index (χ4n) is 1.49. The van der Waals surface area contributed by atoms with Crippen LogP contribution in [0.25, 0.3) is 0 Å². The molecule has 0 radical (unpaired) electrons. The summed E-state index contributed by atoms with van der Waals surface area (Å²) in [6.45, 7) is 3.98. The summed E-state index contributed by atoms with van der Waals surface area (Å²) in [5.74, 6) is 1.46. The van der Waals surface area contributed by atoms with Gasteiger partial charge in [-0.1, -0.05) is 13.8 Å².